The molecule has 2 aliphatic rings. The Morgan fingerprint density at radius 1 is 1.21 bits per heavy atom. The Labute approximate surface area is 115 Å². The Kier molecular flexibility index (Phi) is 3.99. The fourth-order valence-corrected chi connectivity index (χ4v) is 3.08. The minimum atomic E-state index is 0.497. The van der Waals surface area contributed by atoms with Crippen LogP contribution < -0.4 is 10.2 Å². The zero-order valence-electron chi connectivity index (χ0n) is 11.8. The molecule has 0 aromatic carbocycles. The first kappa shape index (κ1) is 12.9. The average Bonchev–Trinajstić information content (AvgIpc) is 2.49. The molecule has 0 amide bonds. The van der Waals surface area contributed by atoms with Crippen LogP contribution in [-0.4, -0.2) is 49.7 Å². The summed E-state index contributed by atoms with van der Waals surface area (Å²) in [6.45, 7) is 5.59. The number of piperidine rings is 1. The van der Waals surface area contributed by atoms with Gasteiger partial charge in [-0.3, -0.25) is 0 Å². The first-order valence-corrected chi connectivity index (χ1v) is 7.46. The summed E-state index contributed by atoms with van der Waals surface area (Å²) < 4.78 is 0. The molecule has 4 nitrogen and oxygen atoms in total. The number of piperazine rings is 1. The summed E-state index contributed by atoms with van der Waals surface area (Å²) in [5.41, 5.74) is 1.40. The van der Waals surface area contributed by atoms with Crippen LogP contribution in [0.1, 0.15) is 30.9 Å². The number of anilines is 1. The minimum Gasteiger partial charge on any atom is -0.354 e. The number of aromatic nitrogens is 1. The number of hydrogen-bond acceptors (Lipinski definition) is 4. The van der Waals surface area contributed by atoms with Crippen LogP contribution in [0.2, 0.25) is 0 Å². The molecule has 1 atom stereocenters. The van der Waals surface area contributed by atoms with Crippen molar-refractivity contribution >= 4 is 5.82 Å². The SMILES string of the molecule is CN1CCN(c2ncccc2C2CCCCN2)CC1. The highest BCUT2D eigenvalue weighted by atomic mass is 15.3. The Bertz CT molecular complexity index is 406. The lowest BCUT2D eigenvalue weighted by Crippen LogP contribution is -2.45. The monoisotopic (exact) mass is 260 g/mol. The predicted octanol–water partition coefficient (Wildman–Crippen LogP) is 1.65. The van der Waals surface area contributed by atoms with Crippen molar-refractivity contribution in [1.82, 2.24) is 15.2 Å². The van der Waals surface area contributed by atoms with Gasteiger partial charge in [0.2, 0.25) is 0 Å². The molecule has 0 radical (unpaired) electrons. The maximum absolute atomic E-state index is 4.67. The summed E-state index contributed by atoms with van der Waals surface area (Å²) in [5, 5.41) is 3.65. The fourth-order valence-electron chi connectivity index (χ4n) is 3.08. The lowest BCUT2D eigenvalue weighted by atomic mass is 9.97. The average molecular weight is 260 g/mol. The zero-order valence-corrected chi connectivity index (χ0v) is 11.8. The smallest absolute Gasteiger partial charge is 0.133 e. The first-order valence-electron chi connectivity index (χ1n) is 7.46. The van der Waals surface area contributed by atoms with Gasteiger partial charge >= 0.3 is 0 Å². The van der Waals surface area contributed by atoms with E-state index in [0.29, 0.717) is 6.04 Å². The molecular weight excluding hydrogens is 236 g/mol. The van der Waals surface area contributed by atoms with Gasteiger partial charge in [-0.05, 0) is 32.5 Å². The van der Waals surface area contributed by atoms with Gasteiger partial charge in [0, 0.05) is 44.0 Å². The Morgan fingerprint density at radius 2 is 2.05 bits per heavy atom. The van der Waals surface area contributed by atoms with Gasteiger partial charge in [0.25, 0.3) is 0 Å². The van der Waals surface area contributed by atoms with Crippen LogP contribution >= 0.6 is 0 Å². The number of likely N-dealkylation sites (N-methyl/N-ethyl adjacent to an activating group) is 1. The fraction of sp³-hybridized carbons (Fsp3) is 0.667. The number of nitrogens with one attached hydrogen (secondary N) is 1. The largest absolute Gasteiger partial charge is 0.354 e. The van der Waals surface area contributed by atoms with Crippen molar-refractivity contribution in [1.29, 1.82) is 0 Å². The molecule has 1 N–H and O–H groups in total. The van der Waals surface area contributed by atoms with Crippen LogP contribution in [0.25, 0.3) is 0 Å². The summed E-state index contributed by atoms with van der Waals surface area (Å²) in [6, 6.07) is 4.83. The van der Waals surface area contributed by atoms with E-state index in [1.807, 2.05) is 6.20 Å². The highest BCUT2D eigenvalue weighted by molar-refractivity contribution is 5.49. The zero-order chi connectivity index (χ0) is 13.1. The highest BCUT2D eigenvalue weighted by Gasteiger charge is 2.23. The van der Waals surface area contributed by atoms with Gasteiger partial charge in [0.05, 0.1) is 0 Å². The molecule has 0 saturated carbocycles. The maximum Gasteiger partial charge on any atom is 0.133 e. The van der Waals surface area contributed by atoms with E-state index in [0.717, 1.165) is 32.7 Å². The second-order valence-corrected chi connectivity index (χ2v) is 5.71. The second-order valence-electron chi connectivity index (χ2n) is 5.71. The summed E-state index contributed by atoms with van der Waals surface area (Å²) in [6.07, 6.45) is 5.81. The molecule has 1 aromatic heterocycles. The van der Waals surface area contributed by atoms with Crippen LogP contribution in [0.4, 0.5) is 5.82 Å². The second kappa shape index (κ2) is 5.88. The van der Waals surface area contributed by atoms with E-state index in [-0.39, 0.29) is 0 Å². The number of pyridine rings is 1. The molecule has 2 saturated heterocycles. The maximum atomic E-state index is 4.67. The van der Waals surface area contributed by atoms with Crippen molar-refractivity contribution in [2.75, 3.05) is 44.7 Å². The molecule has 104 valence electrons. The van der Waals surface area contributed by atoms with Crippen LogP contribution in [-0.2, 0) is 0 Å². The molecule has 1 unspecified atom stereocenters. The molecule has 3 rings (SSSR count). The third-order valence-electron chi connectivity index (χ3n) is 4.31. The van der Waals surface area contributed by atoms with Crippen molar-refractivity contribution in [2.45, 2.75) is 25.3 Å². The van der Waals surface area contributed by atoms with E-state index in [4.69, 9.17) is 0 Å². The van der Waals surface area contributed by atoms with E-state index in [1.54, 1.807) is 0 Å². The molecule has 0 aliphatic carbocycles. The van der Waals surface area contributed by atoms with E-state index in [2.05, 4.69) is 39.3 Å². The van der Waals surface area contributed by atoms with Gasteiger partial charge in [0.1, 0.15) is 5.82 Å². The van der Waals surface area contributed by atoms with Crippen molar-refractivity contribution < 1.29 is 0 Å². The summed E-state index contributed by atoms with van der Waals surface area (Å²) >= 11 is 0. The van der Waals surface area contributed by atoms with E-state index < -0.39 is 0 Å². The van der Waals surface area contributed by atoms with Crippen LogP contribution in [0.15, 0.2) is 18.3 Å². The molecule has 2 aliphatic heterocycles. The molecule has 0 spiro atoms. The molecule has 2 fully saturated rings. The highest BCUT2D eigenvalue weighted by Crippen LogP contribution is 2.29. The number of nitrogens with zero attached hydrogens (tertiary/aromatic N) is 3. The van der Waals surface area contributed by atoms with Crippen molar-refractivity contribution in [3.8, 4) is 0 Å². The predicted molar refractivity (Wildman–Crippen MR) is 78.5 cm³/mol. The third-order valence-corrected chi connectivity index (χ3v) is 4.31. The van der Waals surface area contributed by atoms with Gasteiger partial charge in [0.15, 0.2) is 0 Å². The Morgan fingerprint density at radius 3 is 2.79 bits per heavy atom. The summed E-state index contributed by atoms with van der Waals surface area (Å²) in [4.78, 5) is 9.51. The topological polar surface area (TPSA) is 31.4 Å². The van der Waals surface area contributed by atoms with Crippen molar-refractivity contribution in [2.24, 2.45) is 0 Å². The molecule has 1 aromatic rings. The van der Waals surface area contributed by atoms with E-state index in [9.17, 15) is 0 Å². The lowest BCUT2D eigenvalue weighted by Gasteiger charge is -2.36. The van der Waals surface area contributed by atoms with Crippen LogP contribution in [0.3, 0.4) is 0 Å². The van der Waals surface area contributed by atoms with Crippen molar-refractivity contribution in [3.63, 3.8) is 0 Å². The quantitative estimate of drug-likeness (QED) is 0.876. The molecule has 4 heteroatoms. The summed E-state index contributed by atoms with van der Waals surface area (Å²) in [7, 11) is 2.19. The Hall–Kier alpha value is -1.13. The van der Waals surface area contributed by atoms with Gasteiger partial charge in [-0.15, -0.1) is 0 Å². The Balaban J connectivity index is 1.80. The van der Waals surface area contributed by atoms with E-state index >= 15 is 0 Å². The van der Waals surface area contributed by atoms with Gasteiger partial charge in [-0.25, -0.2) is 4.98 Å². The minimum absolute atomic E-state index is 0.497. The van der Waals surface area contributed by atoms with Gasteiger partial charge in [-0.1, -0.05) is 12.5 Å². The standard InChI is InChI=1S/C15H24N4/c1-18-9-11-19(12-10-18)15-13(5-4-8-17-15)14-6-2-3-7-16-14/h4-5,8,14,16H,2-3,6-7,9-12H2,1H3. The summed E-state index contributed by atoms with van der Waals surface area (Å²) in [5.74, 6) is 1.20. The molecular formula is C15H24N4. The van der Waals surface area contributed by atoms with Gasteiger partial charge in [-0.2, -0.15) is 0 Å². The molecule has 0 bridgehead atoms. The van der Waals surface area contributed by atoms with E-state index in [1.165, 1.54) is 30.6 Å². The van der Waals surface area contributed by atoms with Crippen LogP contribution in [0.5, 0.6) is 0 Å². The first-order chi connectivity index (χ1) is 9.34. The molecule has 3 heterocycles. The lowest BCUT2D eigenvalue weighted by molar-refractivity contribution is 0.311. The molecule has 19 heavy (non-hydrogen) atoms. The number of hydrogen-bond donors (Lipinski definition) is 1. The normalized spacial score (nSPS) is 25.5. The van der Waals surface area contributed by atoms with Crippen LogP contribution in [0, 0.1) is 0 Å². The third kappa shape index (κ3) is 2.90. The van der Waals surface area contributed by atoms with Gasteiger partial charge < -0.3 is 15.1 Å². The number of rotatable bonds is 2. The van der Waals surface area contributed by atoms with Crippen molar-refractivity contribution in [3.05, 3.63) is 23.9 Å².